The highest BCUT2D eigenvalue weighted by Gasteiger charge is 2.28. The molecule has 100 valence electrons. The summed E-state index contributed by atoms with van der Waals surface area (Å²) in [7, 11) is 0. The van der Waals surface area contributed by atoms with Crippen molar-refractivity contribution in [3.05, 3.63) is 17.1 Å². The average Bonchev–Trinajstić information content (AvgIpc) is 2.28. The molecule has 0 radical (unpaired) electrons. The number of ether oxygens (including phenoxy) is 2. The molecular formula is C13H21N3O2. The van der Waals surface area contributed by atoms with Crippen LogP contribution in [0.2, 0.25) is 0 Å². The molecule has 1 aliphatic rings. The van der Waals surface area contributed by atoms with Gasteiger partial charge in [-0.2, -0.15) is 0 Å². The summed E-state index contributed by atoms with van der Waals surface area (Å²) in [6.45, 7) is 11.0. The Morgan fingerprint density at radius 2 is 1.72 bits per heavy atom. The van der Waals surface area contributed by atoms with Gasteiger partial charge in [-0.3, -0.25) is 0 Å². The lowest BCUT2D eigenvalue weighted by atomic mass is 10.2. The van der Waals surface area contributed by atoms with Gasteiger partial charge in [0.2, 0.25) is 0 Å². The van der Waals surface area contributed by atoms with Crippen molar-refractivity contribution in [2.75, 3.05) is 18.5 Å². The van der Waals surface area contributed by atoms with Crippen LogP contribution in [0.5, 0.6) is 0 Å². The van der Waals surface area contributed by atoms with Crippen LogP contribution < -0.4 is 5.32 Å². The zero-order valence-electron chi connectivity index (χ0n) is 11.7. The summed E-state index contributed by atoms with van der Waals surface area (Å²) in [5.41, 5.74) is 2.08. The Morgan fingerprint density at radius 3 is 2.33 bits per heavy atom. The first-order chi connectivity index (χ1) is 8.37. The highest BCUT2D eigenvalue weighted by Crippen LogP contribution is 2.21. The number of rotatable bonds is 2. The molecule has 0 amide bonds. The van der Waals surface area contributed by atoms with Gasteiger partial charge in [-0.1, -0.05) is 0 Å². The molecule has 5 heteroatoms. The fraction of sp³-hybridized carbons (Fsp3) is 0.692. The molecule has 0 spiro atoms. The Balaban J connectivity index is 2.07. The van der Waals surface area contributed by atoms with Gasteiger partial charge in [-0.15, -0.1) is 0 Å². The van der Waals surface area contributed by atoms with Crippen LogP contribution >= 0.6 is 0 Å². The van der Waals surface area contributed by atoms with E-state index in [0.29, 0.717) is 13.2 Å². The second kappa shape index (κ2) is 4.82. The largest absolute Gasteiger partial charge is 0.362 e. The molecule has 1 aliphatic heterocycles. The van der Waals surface area contributed by atoms with Crippen molar-refractivity contribution >= 4 is 5.82 Å². The Morgan fingerprint density at radius 1 is 1.11 bits per heavy atom. The molecule has 0 aromatic carbocycles. The molecule has 1 saturated heterocycles. The molecule has 0 aliphatic carbocycles. The van der Waals surface area contributed by atoms with E-state index < -0.39 is 5.79 Å². The summed E-state index contributed by atoms with van der Waals surface area (Å²) in [6, 6.07) is 0.130. The summed E-state index contributed by atoms with van der Waals surface area (Å²) in [5, 5.41) is 3.37. The maximum absolute atomic E-state index is 5.62. The molecule has 1 N–H and O–H groups in total. The average molecular weight is 251 g/mol. The van der Waals surface area contributed by atoms with Crippen LogP contribution in [0.1, 0.15) is 30.9 Å². The molecule has 0 bridgehead atoms. The van der Waals surface area contributed by atoms with E-state index in [1.54, 1.807) is 0 Å². The third-order valence-electron chi connectivity index (χ3n) is 3.11. The van der Waals surface area contributed by atoms with E-state index in [-0.39, 0.29) is 6.04 Å². The lowest BCUT2D eigenvalue weighted by Gasteiger charge is -2.35. The van der Waals surface area contributed by atoms with Crippen LogP contribution in [0.15, 0.2) is 0 Å². The first-order valence-electron chi connectivity index (χ1n) is 6.24. The van der Waals surface area contributed by atoms with Crippen molar-refractivity contribution in [2.45, 2.75) is 46.4 Å². The summed E-state index contributed by atoms with van der Waals surface area (Å²) in [6.07, 6.45) is 0. The molecule has 1 fully saturated rings. The van der Waals surface area contributed by atoms with Gasteiger partial charge in [0, 0.05) is 11.3 Å². The van der Waals surface area contributed by atoms with Crippen molar-refractivity contribution in [1.82, 2.24) is 9.97 Å². The Hall–Kier alpha value is -1.20. The number of hydrogen-bond acceptors (Lipinski definition) is 5. The zero-order valence-corrected chi connectivity index (χ0v) is 11.7. The highest BCUT2D eigenvalue weighted by molar-refractivity contribution is 5.46. The molecule has 2 rings (SSSR count). The quantitative estimate of drug-likeness (QED) is 0.870. The van der Waals surface area contributed by atoms with Gasteiger partial charge in [-0.25, -0.2) is 9.97 Å². The maximum Gasteiger partial charge on any atom is 0.162 e. The van der Waals surface area contributed by atoms with E-state index in [4.69, 9.17) is 9.47 Å². The topological polar surface area (TPSA) is 56.3 Å². The highest BCUT2D eigenvalue weighted by atomic mass is 16.7. The lowest BCUT2D eigenvalue weighted by Crippen LogP contribution is -2.45. The summed E-state index contributed by atoms with van der Waals surface area (Å²) in [4.78, 5) is 8.77. The van der Waals surface area contributed by atoms with Gasteiger partial charge in [0.1, 0.15) is 11.6 Å². The van der Waals surface area contributed by atoms with Crippen LogP contribution in [-0.2, 0) is 9.47 Å². The molecule has 5 nitrogen and oxygen atoms in total. The minimum atomic E-state index is -0.481. The number of anilines is 1. The number of nitrogens with one attached hydrogen (secondary N) is 1. The summed E-state index contributed by atoms with van der Waals surface area (Å²) >= 11 is 0. The van der Waals surface area contributed by atoms with Crippen LogP contribution in [0.4, 0.5) is 5.82 Å². The summed E-state index contributed by atoms with van der Waals surface area (Å²) < 4.78 is 11.2. The fourth-order valence-electron chi connectivity index (χ4n) is 1.88. The standard InChI is InChI=1S/C13H21N3O2/c1-8-9(2)14-10(3)15-12(8)16-11-6-17-13(4,5)18-7-11/h11H,6-7H2,1-5H3,(H,14,15,16). The molecule has 2 heterocycles. The van der Waals surface area contributed by atoms with Crippen LogP contribution in [0, 0.1) is 20.8 Å². The van der Waals surface area contributed by atoms with E-state index in [0.717, 1.165) is 22.9 Å². The minimum absolute atomic E-state index is 0.130. The first-order valence-corrected chi connectivity index (χ1v) is 6.24. The molecule has 0 atom stereocenters. The zero-order chi connectivity index (χ0) is 13.3. The van der Waals surface area contributed by atoms with Crippen LogP contribution in [-0.4, -0.2) is 35.0 Å². The van der Waals surface area contributed by atoms with Crippen molar-refractivity contribution < 1.29 is 9.47 Å². The normalized spacial score (nSPS) is 19.8. The van der Waals surface area contributed by atoms with E-state index in [1.807, 2.05) is 34.6 Å². The predicted molar refractivity (Wildman–Crippen MR) is 69.6 cm³/mol. The van der Waals surface area contributed by atoms with E-state index in [1.165, 1.54) is 0 Å². The fourth-order valence-corrected chi connectivity index (χ4v) is 1.88. The molecule has 1 aromatic heterocycles. The molecule has 0 unspecified atom stereocenters. The van der Waals surface area contributed by atoms with Gasteiger partial charge in [0.05, 0.1) is 19.3 Å². The van der Waals surface area contributed by atoms with Gasteiger partial charge in [0.15, 0.2) is 5.79 Å². The Kier molecular flexibility index (Phi) is 3.54. The third-order valence-corrected chi connectivity index (χ3v) is 3.11. The van der Waals surface area contributed by atoms with E-state index in [2.05, 4.69) is 15.3 Å². The molecular weight excluding hydrogens is 230 g/mol. The van der Waals surface area contributed by atoms with Crippen LogP contribution in [0.25, 0.3) is 0 Å². The molecule has 0 saturated carbocycles. The second-order valence-corrected chi connectivity index (χ2v) is 5.19. The SMILES string of the molecule is Cc1nc(C)c(C)c(NC2COC(C)(C)OC2)n1. The second-order valence-electron chi connectivity index (χ2n) is 5.19. The minimum Gasteiger partial charge on any atom is -0.362 e. The van der Waals surface area contributed by atoms with E-state index in [9.17, 15) is 0 Å². The molecule has 18 heavy (non-hydrogen) atoms. The number of aromatic nitrogens is 2. The van der Waals surface area contributed by atoms with Gasteiger partial charge >= 0.3 is 0 Å². The van der Waals surface area contributed by atoms with Crippen molar-refractivity contribution in [1.29, 1.82) is 0 Å². The number of aryl methyl sites for hydroxylation is 2. The Labute approximate surface area is 108 Å². The number of nitrogens with zero attached hydrogens (tertiary/aromatic N) is 2. The van der Waals surface area contributed by atoms with Crippen molar-refractivity contribution in [3.8, 4) is 0 Å². The molecule has 1 aromatic rings. The smallest absolute Gasteiger partial charge is 0.162 e. The monoisotopic (exact) mass is 251 g/mol. The van der Waals surface area contributed by atoms with Gasteiger partial charge < -0.3 is 14.8 Å². The Bertz CT molecular complexity index is 436. The van der Waals surface area contributed by atoms with Gasteiger partial charge in [0.25, 0.3) is 0 Å². The number of hydrogen-bond donors (Lipinski definition) is 1. The predicted octanol–water partition coefficient (Wildman–Crippen LogP) is 1.97. The van der Waals surface area contributed by atoms with Crippen molar-refractivity contribution in [2.24, 2.45) is 0 Å². The van der Waals surface area contributed by atoms with Gasteiger partial charge in [-0.05, 0) is 34.6 Å². The lowest BCUT2D eigenvalue weighted by molar-refractivity contribution is -0.247. The van der Waals surface area contributed by atoms with Crippen LogP contribution in [0.3, 0.4) is 0 Å². The first kappa shape index (κ1) is 13.2. The maximum atomic E-state index is 5.62. The van der Waals surface area contributed by atoms with Crippen molar-refractivity contribution in [3.63, 3.8) is 0 Å². The summed E-state index contributed by atoms with van der Waals surface area (Å²) in [5.74, 6) is 1.17. The van der Waals surface area contributed by atoms with E-state index >= 15 is 0 Å². The third kappa shape index (κ3) is 2.97.